The summed E-state index contributed by atoms with van der Waals surface area (Å²) in [6.07, 6.45) is 0. The van der Waals surface area contributed by atoms with Gasteiger partial charge in [0, 0.05) is 19.6 Å². The van der Waals surface area contributed by atoms with Crippen molar-refractivity contribution < 1.29 is 0 Å². The Morgan fingerprint density at radius 2 is 1.55 bits per heavy atom. The molecule has 0 amide bonds. The smallest absolute Gasteiger partial charge is 0.191 e. The topological polar surface area (TPSA) is 44.9 Å². The molecule has 1 aromatic carbocycles. The molecule has 5 heteroatoms. The molecule has 0 fully saturated rings. The van der Waals surface area contributed by atoms with Gasteiger partial charge >= 0.3 is 0 Å². The fraction of sp³-hybridized carbons (Fsp3) is 0.533. The van der Waals surface area contributed by atoms with E-state index in [4.69, 9.17) is 5.73 Å². The lowest BCUT2D eigenvalue weighted by atomic mass is 10.1. The highest BCUT2D eigenvalue weighted by Gasteiger charge is 2.02. The van der Waals surface area contributed by atoms with Crippen LogP contribution in [-0.4, -0.2) is 42.9 Å². The molecule has 0 aliphatic carbocycles. The molecular weight excluding hydrogens is 363 g/mol. The Morgan fingerprint density at radius 1 is 1.05 bits per heavy atom. The number of benzene rings is 1. The molecule has 2 N–H and O–H groups in total. The van der Waals surface area contributed by atoms with E-state index in [1.807, 2.05) is 0 Å². The standard InChI is InChI=1S/C15H26N4.HI/c1-5-19(6-2)15(16)17-11-13-7-9-14(10-8-13)12-18(3)4;/h7-10H,5-6,11-12H2,1-4H3,(H2,16,17);1H. The molecule has 0 saturated carbocycles. The Hall–Kier alpha value is -0.820. The summed E-state index contributed by atoms with van der Waals surface area (Å²) in [5.74, 6) is 0.627. The number of halogens is 1. The second-order valence-corrected chi connectivity index (χ2v) is 4.90. The molecule has 1 rings (SSSR count). The second kappa shape index (κ2) is 9.99. The Balaban J connectivity index is 0.00000361. The summed E-state index contributed by atoms with van der Waals surface area (Å²) in [6.45, 7) is 7.57. The van der Waals surface area contributed by atoms with Gasteiger partial charge in [0.25, 0.3) is 0 Å². The summed E-state index contributed by atoms with van der Waals surface area (Å²) in [5, 5.41) is 0. The van der Waals surface area contributed by atoms with Gasteiger partial charge in [0.1, 0.15) is 0 Å². The molecular formula is C15H27IN4. The zero-order valence-electron chi connectivity index (χ0n) is 13.0. The van der Waals surface area contributed by atoms with E-state index in [1.165, 1.54) is 11.1 Å². The Morgan fingerprint density at radius 3 is 2.00 bits per heavy atom. The Bertz CT molecular complexity index is 397. The van der Waals surface area contributed by atoms with Crippen LogP contribution < -0.4 is 5.73 Å². The molecule has 114 valence electrons. The van der Waals surface area contributed by atoms with Crippen molar-refractivity contribution in [2.24, 2.45) is 10.7 Å². The first-order chi connectivity index (χ1) is 9.06. The van der Waals surface area contributed by atoms with E-state index in [-0.39, 0.29) is 24.0 Å². The van der Waals surface area contributed by atoms with Crippen molar-refractivity contribution in [1.29, 1.82) is 0 Å². The van der Waals surface area contributed by atoms with Gasteiger partial charge in [-0.05, 0) is 39.1 Å². The van der Waals surface area contributed by atoms with Crippen LogP contribution in [0.4, 0.5) is 0 Å². The van der Waals surface area contributed by atoms with Crippen LogP contribution in [0.5, 0.6) is 0 Å². The fourth-order valence-corrected chi connectivity index (χ4v) is 1.94. The van der Waals surface area contributed by atoms with Gasteiger partial charge in [0.05, 0.1) is 6.54 Å². The summed E-state index contributed by atoms with van der Waals surface area (Å²) in [5.41, 5.74) is 8.46. The number of hydrogen-bond donors (Lipinski definition) is 1. The van der Waals surface area contributed by atoms with Crippen LogP contribution in [-0.2, 0) is 13.1 Å². The van der Waals surface area contributed by atoms with Gasteiger partial charge in [-0.25, -0.2) is 4.99 Å². The number of nitrogens with zero attached hydrogens (tertiary/aromatic N) is 3. The minimum atomic E-state index is 0. The van der Waals surface area contributed by atoms with E-state index in [0.29, 0.717) is 12.5 Å². The molecule has 0 radical (unpaired) electrons. The molecule has 0 aliphatic heterocycles. The average molecular weight is 390 g/mol. The number of rotatable bonds is 6. The van der Waals surface area contributed by atoms with Gasteiger partial charge in [-0.2, -0.15) is 0 Å². The lowest BCUT2D eigenvalue weighted by Crippen LogP contribution is -2.37. The molecule has 0 heterocycles. The second-order valence-electron chi connectivity index (χ2n) is 4.90. The summed E-state index contributed by atoms with van der Waals surface area (Å²) in [7, 11) is 4.14. The van der Waals surface area contributed by atoms with Gasteiger partial charge in [-0.3, -0.25) is 0 Å². The zero-order chi connectivity index (χ0) is 14.3. The SMILES string of the molecule is CCN(CC)C(N)=NCc1ccc(CN(C)C)cc1.I. The fourth-order valence-electron chi connectivity index (χ4n) is 1.94. The Labute approximate surface area is 140 Å². The largest absolute Gasteiger partial charge is 0.370 e. The van der Waals surface area contributed by atoms with Crippen molar-refractivity contribution >= 4 is 29.9 Å². The third-order valence-corrected chi connectivity index (χ3v) is 3.03. The van der Waals surface area contributed by atoms with Gasteiger partial charge < -0.3 is 15.5 Å². The minimum Gasteiger partial charge on any atom is -0.370 e. The maximum atomic E-state index is 5.95. The van der Waals surface area contributed by atoms with E-state index in [2.05, 4.69) is 67.0 Å². The van der Waals surface area contributed by atoms with Crippen LogP contribution in [0.1, 0.15) is 25.0 Å². The Kier molecular flexibility index (Phi) is 9.58. The lowest BCUT2D eigenvalue weighted by Gasteiger charge is -2.19. The molecule has 0 bridgehead atoms. The van der Waals surface area contributed by atoms with E-state index in [1.54, 1.807) is 0 Å². The summed E-state index contributed by atoms with van der Waals surface area (Å²) in [6, 6.07) is 8.55. The van der Waals surface area contributed by atoms with Crippen LogP contribution in [0.25, 0.3) is 0 Å². The van der Waals surface area contributed by atoms with Crippen LogP contribution in [0.15, 0.2) is 29.3 Å². The van der Waals surface area contributed by atoms with E-state index >= 15 is 0 Å². The van der Waals surface area contributed by atoms with Crippen molar-refractivity contribution in [3.8, 4) is 0 Å². The molecule has 4 nitrogen and oxygen atoms in total. The molecule has 0 aromatic heterocycles. The summed E-state index contributed by atoms with van der Waals surface area (Å²) in [4.78, 5) is 8.65. The maximum Gasteiger partial charge on any atom is 0.191 e. The van der Waals surface area contributed by atoms with E-state index in [0.717, 1.165) is 19.6 Å². The highest BCUT2D eigenvalue weighted by molar-refractivity contribution is 14.0. The number of hydrogen-bond acceptors (Lipinski definition) is 2. The highest BCUT2D eigenvalue weighted by atomic mass is 127. The van der Waals surface area contributed by atoms with Crippen molar-refractivity contribution in [2.45, 2.75) is 26.9 Å². The molecule has 0 unspecified atom stereocenters. The van der Waals surface area contributed by atoms with Gasteiger partial charge in [-0.15, -0.1) is 24.0 Å². The van der Waals surface area contributed by atoms with Gasteiger partial charge in [0.15, 0.2) is 5.96 Å². The molecule has 0 spiro atoms. The molecule has 1 aromatic rings. The van der Waals surface area contributed by atoms with E-state index in [9.17, 15) is 0 Å². The van der Waals surface area contributed by atoms with Crippen LogP contribution in [0.3, 0.4) is 0 Å². The lowest BCUT2D eigenvalue weighted by molar-refractivity contribution is 0.402. The van der Waals surface area contributed by atoms with Crippen molar-refractivity contribution in [3.63, 3.8) is 0 Å². The third kappa shape index (κ3) is 6.56. The number of nitrogens with two attached hydrogens (primary N) is 1. The predicted octanol–water partition coefficient (Wildman–Crippen LogP) is 2.52. The monoisotopic (exact) mass is 390 g/mol. The normalized spacial score (nSPS) is 11.3. The quantitative estimate of drug-likeness (QED) is 0.461. The van der Waals surface area contributed by atoms with Crippen LogP contribution in [0.2, 0.25) is 0 Å². The van der Waals surface area contributed by atoms with Gasteiger partial charge in [0.2, 0.25) is 0 Å². The average Bonchev–Trinajstić information content (AvgIpc) is 2.38. The third-order valence-electron chi connectivity index (χ3n) is 3.03. The van der Waals surface area contributed by atoms with Crippen molar-refractivity contribution in [3.05, 3.63) is 35.4 Å². The van der Waals surface area contributed by atoms with Gasteiger partial charge in [-0.1, -0.05) is 24.3 Å². The summed E-state index contributed by atoms with van der Waals surface area (Å²) < 4.78 is 0. The predicted molar refractivity (Wildman–Crippen MR) is 97.5 cm³/mol. The molecule has 0 saturated heterocycles. The number of aliphatic imine (C=N–C) groups is 1. The maximum absolute atomic E-state index is 5.95. The molecule has 20 heavy (non-hydrogen) atoms. The summed E-state index contributed by atoms with van der Waals surface area (Å²) >= 11 is 0. The first-order valence-corrected chi connectivity index (χ1v) is 6.84. The van der Waals surface area contributed by atoms with E-state index < -0.39 is 0 Å². The highest BCUT2D eigenvalue weighted by Crippen LogP contribution is 2.07. The van der Waals surface area contributed by atoms with Crippen molar-refractivity contribution in [2.75, 3.05) is 27.2 Å². The molecule has 0 atom stereocenters. The number of guanidine groups is 1. The van der Waals surface area contributed by atoms with Crippen molar-refractivity contribution in [1.82, 2.24) is 9.80 Å². The van der Waals surface area contributed by atoms with Crippen LogP contribution in [0, 0.1) is 0 Å². The van der Waals surface area contributed by atoms with Crippen LogP contribution >= 0.6 is 24.0 Å². The minimum absolute atomic E-state index is 0. The first-order valence-electron chi connectivity index (χ1n) is 6.84. The molecule has 0 aliphatic rings. The first kappa shape index (κ1) is 19.2. The zero-order valence-corrected chi connectivity index (χ0v) is 15.3.